The summed E-state index contributed by atoms with van der Waals surface area (Å²) in [7, 11) is 0.0918. The van der Waals surface area contributed by atoms with Crippen molar-refractivity contribution in [3.63, 3.8) is 0 Å². The highest BCUT2D eigenvalue weighted by Crippen LogP contribution is 2.79. The molecule has 5 heteroatoms. The molecule has 12 heavy (non-hydrogen) atoms. The average Bonchev–Trinajstić information content (AvgIpc) is 1.80. The van der Waals surface area contributed by atoms with Crippen molar-refractivity contribution in [3.8, 4) is 0 Å². The summed E-state index contributed by atoms with van der Waals surface area (Å²) in [5.41, 5.74) is -0.363. The Bertz CT molecular complexity index is 218. The second kappa shape index (κ2) is 2.03. The molecule has 3 aliphatic rings. The van der Waals surface area contributed by atoms with Crippen LogP contribution in [0.1, 0.15) is 19.3 Å². The second-order valence-electron chi connectivity index (χ2n) is 4.04. The fourth-order valence-corrected chi connectivity index (χ4v) is 2.57. The molecule has 0 heterocycles. The van der Waals surface area contributed by atoms with Crippen LogP contribution in [0.2, 0.25) is 5.31 Å². The maximum Gasteiger partial charge on any atom is 0.458 e. The highest BCUT2D eigenvalue weighted by molar-refractivity contribution is 6.47. The highest BCUT2D eigenvalue weighted by atomic mass is 16.5. The minimum Gasteiger partial charge on any atom is -0.469 e. The first-order valence-corrected chi connectivity index (χ1v) is 3.99. The minimum atomic E-state index is -1.27. The van der Waals surface area contributed by atoms with Crippen LogP contribution in [0.5, 0.6) is 0 Å². The lowest BCUT2D eigenvalue weighted by atomic mass is 9.24. The molecule has 3 aliphatic carbocycles. The number of methoxy groups -OCH3 is 1. The van der Waals surface area contributed by atoms with Crippen LogP contribution < -0.4 is 0 Å². The molecule has 3 fully saturated rings. The Morgan fingerprint density at radius 1 is 1.42 bits per heavy atom. The van der Waals surface area contributed by atoms with Crippen LogP contribution in [0, 0.1) is 5.41 Å². The van der Waals surface area contributed by atoms with Gasteiger partial charge in [-0.3, -0.25) is 4.79 Å². The van der Waals surface area contributed by atoms with Gasteiger partial charge in [-0.25, -0.2) is 0 Å². The van der Waals surface area contributed by atoms with Crippen LogP contribution in [0.25, 0.3) is 0 Å². The molecule has 2 bridgehead atoms. The smallest absolute Gasteiger partial charge is 0.458 e. The third-order valence-corrected chi connectivity index (χ3v) is 3.24. The molecule has 2 N–H and O–H groups in total. The van der Waals surface area contributed by atoms with Gasteiger partial charge in [0.2, 0.25) is 0 Å². The number of esters is 1. The third kappa shape index (κ3) is 0.683. The standard InChI is InChI=1S/C7H11BO4/c1-12-5(9)6-2-7(3-6,4-6)8(10)11/h10-11H,2-4H2,1H3. The maximum absolute atomic E-state index is 11.1. The molecular formula is C7H11BO4. The molecule has 0 spiro atoms. The number of rotatable bonds is 2. The fraction of sp³-hybridized carbons (Fsp3) is 0.857. The second-order valence-corrected chi connectivity index (χ2v) is 4.04. The number of ether oxygens (including phenoxy) is 1. The van der Waals surface area contributed by atoms with Gasteiger partial charge in [0.1, 0.15) is 0 Å². The summed E-state index contributed by atoms with van der Waals surface area (Å²) in [6.45, 7) is 0. The van der Waals surface area contributed by atoms with Crippen molar-refractivity contribution in [2.24, 2.45) is 5.41 Å². The van der Waals surface area contributed by atoms with Crippen LogP contribution in [0.15, 0.2) is 0 Å². The number of carbonyl (C=O) groups excluding carboxylic acids is 1. The Balaban J connectivity index is 2.00. The Morgan fingerprint density at radius 2 is 1.92 bits per heavy atom. The van der Waals surface area contributed by atoms with E-state index >= 15 is 0 Å². The Morgan fingerprint density at radius 3 is 2.25 bits per heavy atom. The fourth-order valence-electron chi connectivity index (χ4n) is 2.57. The van der Waals surface area contributed by atoms with Crippen LogP contribution in [-0.2, 0) is 9.53 Å². The summed E-state index contributed by atoms with van der Waals surface area (Å²) >= 11 is 0. The van der Waals surface area contributed by atoms with Crippen LogP contribution in [-0.4, -0.2) is 30.2 Å². The van der Waals surface area contributed by atoms with Crippen molar-refractivity contribution < 1.29 is 19.6 Å². The molecule has 0 saturated heterocycles. The topological polar surface area (TPSA) is 66.8 Å². The molecule has 0 radical (unpaired) electrons. The summed E-state index contributed by atoms with van der Waals surface area (Å²) < 4.78 is 4.62. The zero-order valence-electron chi connectivity index (χ0n) is 6.91. The Labute approximate surface area is 70.7 Å². The molecule has 4 nitrogen and oxygen atoms in total. The SMILES string of the molecule is COC(=O)C12CC(B(O)O)(C1)C2. The summed E-state index contributed by atoms with van der Waals surface area (Å²) in [5, 5.41) is 17.5. The van der Waals surface area contributed by atoms with Crippen molar-refractivity contribution in [2.45, 2.75) is 24.6 Å². The number of carbonyl (C=O) groups is 1. The first-order valence-electron chi connectivity index (χ1n) is 3.99. The normalized spacial score (nSPS) is 42.6. The van der Waals surface area contributed by atoms with Gasteiger partial charge in [0.15, 0.2) is 0 Å². The van der Waals surface area contributed by atoms with Gasteiger partial charge in [0.25, 0.3) is 0 Å². The lowest BCUT2D eigenvalue weighted by Gasteiger charge is -2.68. The van der Waals surface area contributed by atoms with E-state index in [0.29, 0.717) is 19.3 Å². The molecule has 0 amide bonds. The lowest BCUT2D eigenvalue weighted by molar-refractivity contribution is -0.187. The summed E-state index contributed by atoms with van der Waals surface area (Å²) in [5.74, 6) is -0.204. The van der Waals surface area contributed by atoms with E-state index in [1.54, 1.807) is 0 Å². The third-order valence-electron chi connectivity index (χ3n) is 3.24. The first kappa shape index (κ1) is 8.07. The van der Waals surface area contributed by atoms with Crippen molar-refractivity contribution in [3.05, 3.63) is 0 Å². The van der Waals surface area contributed by atoms with Gasteiger partial charge in [-0.15, -0.1) is 0 Å². The molecule has 0 aromatic carbocycles. The summed E-state index contributed by atoms with van der Waals surface area (Å²) in [6, 6.07) is 0. The number of hydrogen-bond donors (Lipinski definition) is 2. The molecule has 0 atom stereocenters. The molecule has 3 rings (SSSR count). The molecule has 0 aliphatic heterocycles. The lowest BCUT2D eigenvalue weighted by Crippen LogP contribution is -2.66. The van der Waals surface area contributed by atoms with E-state index in [4.69, 9.17) is 10.0 Å². The van der Waals surface area contributed by atoms with Crippen LogP contribution in [0.3, 0.4) is 0 Å². The van der Waals surface area contributed by atoms with E-state index in [0.717, 1.165) is 0 Å². The Kier molecular flexibility index (Phi) is 1.37. The predicted octanol–water partition coefficient (Wildman–Crippen LogP) is -0.444. The zero-order chi connectivity index (χ0) is 8.98. The summed E-state index contributed by atoms with van der Waals surface area (Å²) in [4.78, 5) is 11.1. The highest BCUT2D eigenvalue weighted by Gasteiger charge is 2.76. The minimum absolute atomic E-state index is 0.204. The first-order chi connectivity index (χ1) is 5.55. The van der Waals surface area contributed by atoms with E-state index in [1.807, 2.05) is 0 Å². The molecule has 3 saturated carbocycles. The van der Waals surface area contributed by atoms with E-state index < -0.39 is 7.12 Å². The quantitative estimate of drug-likeness (QED) is 0.435. The molecule has 0 aromatic rings. The zero-order valence-corrected chi connectivity index (χ0v) is 6.91. The van der Waals surface area contributed by atoms with E-state index in [1.165, 1.54) is 7.11 Å². The van der Waals surface area contributed by atoms with Crippen molar-refractivity contribution in [2.75, 3.05) is 7.11 Å². The molecule has 66 valence electrons. The van der Waals surface area contributed by atoms with E-state index in [2.05, 4.69) is 4.74 Å². The van der Waals surface area contributed by atoms with Gasteiger partial charge < -0.3 is 14.8 Å². The van der Waals surface area contributed by atoms with Crippen molar-refractivity contribution in [1.29, 1.82) is 0 Å². The van der Waals surface area contributed by atoms with Gasteiger partial charge in [0, 0.05) is 5.31 Å². The van der Waals surface area contributed by atoms with Crippen LogP contribution >= 0.6 is 0 Å². The van der Waals surface area contributed by atoms with Crippen molar-refractivity contribution >= 4 is 13.1 Å². The Hall–Kier alpha value is -0.545. The van der Waals surface area contributed by atoms with Crippen LogP contribution in [0.4, 0.5) is 0 Å². The van der Waals surface area contributed by atoms with Gasteiger partial charge in [-0.05, 0) is 19.3 Å². The predicted molar refractivity (Wildman–Crippen MR) is 41.2 cm³/mol. The molecule has 0 unspecified atom stereocenters. The van der Waals surface area contributed by atoms with E-state index in [-0.39, 0.29) is 16.7 Å². The van der Waals surface area contributed by atoms with Gasteiger partial charge in [-0.1, -0.05) is 0 Å². The molecule has 0 aromatic heterocycles. The number of hydrogen-bond acceptors (Lipinski definition) is 4. The molecular weight excluding hydrogens is 159 g/mol. The average molecular weight is 170 g/mol. The van der Waals surface area contributed by atoms with Crippen molar-refractivity contribution in [1.82, 2.24) is 0 Å². The largest absolute Gasteiger partial charge is 0.469 e. The van der Waals surface area contributed by atoms with E-state index in [9.17, 15) is 4.79 Å². The van der Waals surface area contributed by atoms with Gasteiger partial charge in [0.05, 0.1) is 12.5 Å². The van der Waals surface area contributed by atoms with Gasteiger partial charge >= 0.3 is 13.1 Å². The monoisotopic (exact) mass is 170 g/mol. The van der Waals surface area contributed by atoms with Gasteiger partial charge in [-0.2, -0.15) is 0 Å². The summed E-state index contributed by atoms with van der Waals surface area (Å²) in [6.07, 6.45) is 1.72. The maximum atomic E-state index is 11.1.